The molecule has 0 aliphatic carbocycles. The summed E-state index contributed by atoms with van der Waals surface area (Å²) in [6.45, 7) is 7.68. The fourth-order valence-electron chi connectivity index (χ4n) is 5.63. The molecule has 1 aliphatic rings. The maximum Gasteiger partial charge on any atom is 0.408 e. The highest BCUT2D eigenvalue weighted by Gasteiger charge is 2.31. The van der Waals surface area contributed by atoms with Crippen LogP contribution in [0.25, 0.3) is 10.9 Å². The number of carbonyl (C=O) groups is 2. The normalized spacial score (nSPS) is 16.9. The third-order valence-corrected chi connectivity index (χ3v) is 7.87. The lowest BCUT2D eigenvalue weighted by molar-refractivity contribution is -0.140. The van der Waals surface area contributed by atoms with Crippen molar-refractivity contribution in [1.29, 1.82) is 0 Å². The summed E-state index contributed by atoms with van der Waals surface area (Å²) in [6.07, 6.45) is -2.14. The van der Waals surface area contributed by atoms with Crippen LogP contribution < -0.4 is 10.6 Å². The number of benzene rings is 1. The number of carbonyl (C=O) groups excluding carboxylic acids is 2. The minimum atomic E-state index is -4.46. The maximum atomic E-state index is 13.7. The Bertz CT molecular complexity index is 1640. The summed E-state index contributed by atoms with van der Waals surface area (Å²) in [7, 11) is 3.35. The predicted octanol–water partition coefficient (Wildman–Crippen LogP) is 4.31. The molecule has 0 bridgehead atoms. The lowest BCUT2D eigenvalue weighted by Crippen LogP contribution is -2.45. The number of nitrogens with zero attached hydrogens (tertiary/aromatic N) is 5. The van der Waals surface area contributed by atoms with Gasteiger partial charge in [-0.1, -0.05) is 12.0 Å². The van der Waals surface area contributed by atoms with E-state index in [0.717, 1.165) is 36.2 Å². The molecule has 1 aromatic carbocycles. The van der Waals surface area contributed by atoms with E-state index in [1.807, 2.05) is 6.07 Å². The first kappa shape index (κ1) is 38.5. The van der Waals surface area contributed by atoms with Gasteiger partial charge in [0.25, 0.3) is 0 Å². The van der Waals surface area contributed by atoms with Crippen LogP contribution in [0.1, 0.15) is 49.8 Å². The standard InChI is InChI=1S/C34H46F3N7O6/c1-33(2,3)50-32(46)38-13-7-8-25-20-26-28(9-6-10-30(26)43(25)23-34(35,36)37)40-27-11-14-42(4)22-24(27)12-16-48-18-19-49-17-15-44-39-21-29(41-44)31(45)47-5/h6,9-10,20-21,24,27,40H,11-19,22-23H2,1-5H3,(H,38,46). The quantitative estimate of drug-likeness (QED) is 0.142. The zero-order valence-electron chi connectivity index (χ0n) is 29.1. The van der Waals surface area contributed by atoms with Gasteiger partial charge in [-0.3, -0.25) is 0 Å². The molecule has 2 N–H and O–H groups in total. The molecule has 0 saturated carbocycles. The van der Waals surface area contributed by atoms with Crippen molar-refractivity contribution < 1.29 is 41.7 Å². The average molecular weight is 706 g/mol. The fraction of sp³-hybridized carbons (Fsp3) is 0.588. The van der Waals surface area contributed by atoms with Gasteiger partial charge in [-0.2, -0.15) is 23.1 Å². The van der Waals surface area contributed by atoms with Crippen molar-refractivity contribution in [2.45, 2.75) is 64.5 Å². The number of ether oxygens (including phenoxy) is 4. The van der Waals surface area contributed by atoms with E-state index in [4.69, 9.17) is 14.2 Å². The Labute approximate surface area is 289 Å². The molecule has 274 valence electrons. The number of anilines is 1. The summed E-state index contributed by atoms with van der Waals surface area (Å²) in [5.74, 6) is 5.25. The maximum absolute atomic E-state index is 13.7. The fourth-order valence-corrected chi connectivity index (χ4v) is 5.63. The van der Waals surface area contributed by atoms with Crippen molar-refractivity contribution in [2.75, 3.05) is 65.5 Å². The number of rotatable bonds is 14. The highest BCUT2D eigenvalue weighted by atomic mass is 19.4. The van der Waals surface area contributed by atoms with Crippen molar-refractivity contribution in [2.24, 2.45) is 5.92 Å². The molecule has 2 atom stereocenters. The second kappa shape index (κ2) is 17.6. The van der Waals surface area contributed by atoms with Gasteiger partial charge < -0.3 is 39.0 Å². The molecule has 13 nitrogen and oxygen atoms in total. The van der Waals surface area contributed by atoms with Crippen LogP contribution in [0.3, 0.4) is 0 Å². The smallest absolute Gasteiger partial charge is 0.408 e. The van der Waals surface area contributed by atoms with E-state index in [1.54, 1.807) is 39.0 Å². The van der Waals surface area contributed by atoms with Gasteiger partial charge >= 0.3 is 18.2 Å². The number of amides is 1. The van der Waals surface area contributed by atoms with Gasteiger partial charge in [0.15, 0.2) is 5.69 Å². The highest BCUT2D eigenvalue weighted by Crippen LogP contribution is 2.32. The molecule has 16 heteroatoms. The minimum absolute atomic E-state index is 0.0756. The number of piperidine rings is 1. The lowest BCUT2D eigenvalue weighted by atomic mass is 9.89. The molecule has 3 aromatic rings. The third-order valence-electron chi connectivity index (χ3n) is 7.87. The van der Waals surface area contributed by atoms with Crippen LogP contribution in [0.5, 0.6) is 0 Å². The van der Waals surface area contributed by atoms with Gasteiger partial charge in [-0.15, -0.1) is 5.10 Å². The van der Waals surface area contributed by atoms with Gasteiger partial charge in [0.05, 0.1) is 57.4 Å². The Morgan fingerprint density at radius 1 is 1.10 bits per heavy atom. The first-order valence-corrected chi connectivity index (χ1v) is 16.5. The lowest BCUT2D eigenvalue weighted by Gasteiger charge is -2.38. The zero-order valence-corrected chi connectivity index (χ0v) is 29.1. The minimum Gasteiger partial charge on any atom is -0.464 e. The molecule has 1 fully saturated rings. The van der Waals surface area contributed by atoms with Crippen molar-refractivity contribution >= 4 is 28.7 Å². The van der Waals surface area contributed by atoms with Crippen molar-refractivity contribution in [3.8, 4) is 11.8 Å². The summed E-state index contributed by atoms with van der Waals surface area (Å²) in [5, 5.41) is 14.8. The molecule has 3 heterocycles. The largest absolute Gasteiger partial charge is 0.464 e. The first-order chi connectivity index (χ1) is 23.7. The Hall–Kier alpha value is -4.33. The van der Waals surface area contributed by atoms with Crippen LogP contribution in [0, 0.1) is 17.8 Å². The number of alkyl halides is 3. The molecule has 4 rings (SSSR count). The summed E-state index contributed by atoms with van der Waals surface area (Å²) in [4.78, 5) is 27.1. The molecular formula is C34H46F3N7O6. The van der Waals surface area contributed by atoms with Gasteiger partial charge in [-0.25, -0.2) is 9.59 Å². The highest BCUT2D eigenvalue weighted by molar-refractivity contribution is 5.94. The Balaban J connectivity index is 1.34. The van der Waals surface area contributed by atoms with Crippen LogP contribution in [0.2, 0.25) is 0 Å². The number of hydrogen-bond acceptors (Lipinski definition) is 10. The molecule has 1 saturated heterocycles. The number of aromatic nitrogens is 4. The molecule has 2 aromatic heterocycles. The Morgan fingerprint density at radius 2 is 1.86 bits per heavy atom. The predicted molar refractivity (Wildman–Crippen MR) is 180 cm³/mol. The van der Waals surface area contributed by atoms with Crippen molar-refractivity contribution in [1.82, 2.24) is 29.8 Å². The van der Waals surface area contributed by atoms with E-state index in [9.17, 15) is 22.8 Å². The summed E-state index contributed by atoms with van der Waals surface area (Å²) in [6, 6.07) is 7.01. The number of nitrogens with one attached hydrogen (secondary N) is 2. The van der Waals surface area contributed by atoms with E-state index in [-0.39, 0.29) is 29.9 Å². The molecule has 1 amide bonds. The van der Waals surface area contributed by atoms with Gasteiger partial charge in [0, 0.05) is 30.3 Å². The molecule has 1 aliphatic heterocycles. The number of fused-ring (bicyclic) bond motifs is 1. The van der Waals surface area contributed by atoms with Crippen molar-refractivity contribution in [3.63, 3.8) is 0 Å². The van der Waals surface area contributed by atoms with E-state index in [0.29, 0.717) is 43.9 Å². The van der Waals surface area contributed by atoms with Crippen molar-refractivity contribution in [3.05, 3.63) is 41.9 Å². The summed E-state index contributed by atoms with van der Waals surface area (Å²) in [5.41, 5.74) is 0.791. The second-order valence-electron chi connectivity index (χ2n) is 13.0. The molecule has 50 heavy (non-hydrogen) atoms. The third kappa shape index (κ3) is 11.9. The van der Waals surface area contributed by atoms with Crippen LogP contribution >= 0.6 is 0 Å². The number of halogens is 3. The van der Waals surface area contributed by atoms with E-state index in [2.05, 4.69) is 49.4 Å². The summed E-state index contributed by atoms with van der Waals surface area (Å²) >= 11 is 0. The zero-order chi connectivity index (χ0) is 36.3. The second-order valence-corrected chi connectivity index (χ2v) is 13.0. The number of esters is 1. The van der Waals surface area contributed by atoms with E-state index in [1.165, 1.54) is 18.1 Å². The number of alkyl carbamates (subject to hydrolysis) is 1. The Morgan fingerprint density at radius 3 is 2.58 bits per heavy atom. The molecule has 0 radical (unpaired) electrons. The molecule has 0 spiro atoms. The topological polar surface area (TPSA) is 134 Å². The Kier molecular flexibility index (Phi) is 13.5. The number of methoxy groups -OCH3 is 1. The average Bonchev–Trinajstić information content (AvgIpc) is 3.65. The van der Waals surface area contributed by atoms with E-state index < -0.39 is 30.4 Å². The van der Waals surface area contributed by atoms with Gasteiger partial charge in [0.1, 0.15) is 12.1 Å². The van der Waals surface area contributed by atoms with Crippen LogP contribution in [-0.2, 0) is 32.0 Å². The number of hydrogen-bond donors (Lipinski definition) is 2. The van der Waals surface area contributed by atoms with Gasteiger partial charge in [0.2, 0.25) is 0 Å². The molecular weight excluding hydrogens is 659 g/mol. The van der Waals surface area contributed by atoms with Gasteiger partial charge in [-0.05, 0) is 77.2 Å². The number of likely N-dealkylation sites (tertiary alicyclic amines) is 1. The monoisotopic (exact) mass is 705 g/mol. The van der Waals surface area contributed by atoms with E-state index >= 15 is 0 Å². The SMILES string of the molecule is COC(=O)c1cnn(CCOCCOCCC2CN(C)CCC2Nc2cccc3c2cc(C#CCNC(=O)OC(C)(C)C)n3CC(F)(F)F)n1. The van der Waals surface area contributed by atoms with Crippen LogP contribution in [-0.4, -0.2) is 115 Å². The van der Waals surface area contributed by atoms with Crippen LogP contribution in [0.15, 0.2) is 30.5 Å². The summed E-state index contributed by atoms with van der Waals surface area (Å²) < 4.78 is 63.5. The van der Waals surface area contributed by atoms with Crippen LogP contribution in [0.4, 0.5) is 23.7 Å². The first-order valence-electron chi connectivity index (χ1n) is 16.5. The molecule has 2 unspecified atom stereocenters.